The molecule has 0 aliphatic carbocycles. The van der Waals surface area contributed by atoms with Crippen molar-refractivity contribution >= 4 is 27.5 Å². The maximum absolute atomic E-state index is 8.36. The van der Waals surface area contributed by atoms with Gasteiger partial charge >= 0.3 is 0 Å². The number of nitriles is 1. The second kappa shape index (κ2) is 3.65. The molecule has 0 aliphatic heterocycles. The minimum atomic E-state index is 0.165. The van der Waals surface area contributed by atoms with Gasteiger partial charge in [0.2, 0.25) is 5.28 Å². The summed E-state index contributed by atoms with van der Waals surface area (Å²) in [5.41, 5.74) is 0.618. The molecule has 0 saturated heterocycles. The lowest BCUT2D eigenvalue weighted by Crippen LogP contribution is -1.92. The zero-order valence-corrected chi connectivity index (χ0v) is 7.72. The van der Waals surface area contributed by atoms with Gasteiger partial charge in [-0.25, -0.2) is 9.97 Å². The Morgan fingerprint density at radius 3 is 3.09 bits per heavy atom. The first-order valence-corrected chi connectivity index (χ1v) is 3.95. The van der Waals surface area contributed by atoms with E-state index in [1.807, 2.05) is 6.07 Å². The van der Waals surface area contributed by atoms with Crippen molar-refractivity contribution in [1.82, 2.24) is 9.97 Å². The van der Waals surface area contributed by atoms with Crippen LogP contribution in [0.15, 0.2) is 10.7 Å². The Morgan fingerprint density at radius 2 is 2.45 bits per heavy atom. The van der Waals surface area contributed by atoms with Crippen LogP contribution in [0.5, 0.6) is 0 Å². The second-order valence-electron chi connectivity index (χ2n) is 1.77. The minimum absolute atomic E-state index is 0.165. The van der Waals surface area contributed by atoms with E-state index in [2.05, 4.69) is 25.9 Å². The van der Waals surface area contributed by atoms with Crippen LogP contribution in [0.1, 0.15) is 5.69 Å². The average Bonchev–Trinajstić information content (AvgIpc) is 1.98. The highest BCUT2D eigenvalue weighted by Crippen LogP contribution is 2.14. The van der Waals surface area contributed by atoms with E-state index in [1.54, 1.807) is 0 Å². The highest BCUT2D eigenvalue weighted by atomic mass is 79.9. The lowest BCUT2D eigenvalue weighted by atomic mass is 10.3. The van der Waals surface area contributed by atoms with E-state index in [4.69, 9.17) is 16.9 Å². The summed E-state index contributed by atoms with van der Waals surface area (Å²) in [4.78, 5) is 7.57. The van der Waals surface area contributed by atoms with E-state index in [1.165, 1.54) is 6.20 Å². The molecule has 11 heavy (non-hydrogen) atoms. The minimum Gasteiger partial charge on any atom is -0.225 e. The Hall–Kier alpha value is -0.660. The topological polar surface area (TPSA) is 49.6 Å². The van der Waals surface area contributed by atoms with Crippen LogP contribution in [0, 0.1) is 11.3 Å². The fourth-order valence-corrected chi connectivity index (χ4v) is 1.06. The Labute approximate surface area is 77.2 Å². The number of rotatable bonds is 1. The fraction of sp³-hybridized carbons (Fsp3) is 0.167. The van der Waals surface area contributed by atoms with Crippen molar-refractivity contribution in [2.75, 3.05) is 0 Å². The average molecular weight is 232 g/mol. The van der Waals surface area contributed by atoms with Gasteiger partial charge in [0.25, 0.3) is 0 Å². The van der Waals surface area contributed by atoms with Crippen LogP contribution in [0.3, 0.4) is 0 Å². The van der Waals surface area contributed by atoms with Gasteiger partial charge in [-0.1, -0.05) is 0 Å². The normalized spacial score (nSPS) is 9.18. The molecule has 0 N–H and O–H groups in total. The van der Waals surface area contributed by atoms with Crippen molar-refractivity contribution < 1.29 is 0 Å². The highest BCUT2D eigenvalue weighted by molar-refractivity contribution is 9.10. The molecule has 0 spiro atoms. The molecule has 0 fully saturated rings. The Bertz CT molecular complexity index is 307. The van der Waals surface area contributed by atoms with Gasteiger partial charge in [-0.3, -0.25) is 0 Å². The molecule has 5 heteroatoms. The molecule has 56 valence electrons. The molecule has 0 bridgehead atoms. The molecule has 1 rings (SSSR count). The molecule has 0 unspecified atom stereocenters. The molecular formula is C6H3BrClN3. The third-order valence-corrected chi connectivity index (χ3v) is 1.88. The summed E-state index contributed by atoms with van der Waals surface area (Å²) in [6, 6.07) is 1.97. The number of aromatic nitrogens is 2. The Balaban J connectivity index is 3.05. The first kappa shape index (κ1) is 8.44. The van der Waals surface area contributed by atoms with Crippen LogP contribution in [-0.2, 0) is 6.42 Å². The lowest BCUT2D eigenvalue weighted by Gasteiger charge is -1.96. The Morgan fingerprint density at radius 1 is 1.73 bits per heavy atom. The molecule has 0 aliphatic rings. The summed E-state index contributed by atoms with van der Waals surface area (Å²) in [6.07, 6.45) is 1.77. The molecule has 3 nitrogen and oxygen atoms in total. The van der Waals surface area contributed by atoms with Crippen molar-refractivity contribution in [2.45, 2.75) is 6.42 Å². The summed E-state index contributed by atoms with van der Waals surface area (Å²) < 4.78 is 0.712. The van der Waals surface area contributed by atoms with Gasteiger partial charge in [-0.2, -0.15) is 5.26 Å². The second-order valence-corrected chi connectivity index (χ2v) is 2.96. The van der Waals surface area contributed by atoms with Crippen LogP contribution >= 0.6 is 27.5 Å². The molecular weight excluding hydrogens is 229 g/mol. The number of halogens is 2. The van der Waals surface area contributed by atoms with E-state index in [0.29, 0.717) is 10.2 Å². The molecule has 0 atom stereocenters. The van der Waals surface area contributed by atoms with Crippen LogP contribution < -0.4 is 0 Å². The van der Waals surface area contributed by atoms with Crippen LogP contribution in [0.4, 0.5) is 0 Å². The molecule has 1 aromatic rings. The van der Waals surface area contributed by atoms with E-state index in [-0.39, 0.29) is 11.7 Å². The standard InChI is InChI=1S/C6H3BrClN3/c7-4-3-10-6(8)11-5(4)1-2-9/h3H,1H2. The summed E-state index contributed by atoms with van der Waals surface area (Å²) >= 11 is 8.70. The van der Waals surface area contributed by atoms with Crippen molar-refractivity contribution in [3.8, 4) is 6.07 Å². The molecule has 0 aromatic carbocycles. The van der Waals surface area contributed by atoms with Crippen molar-refractivity contribution in [3.05, 3.63) is 21.6 Å². The Kier molecular flexibility index (Phi) is 2.80. The first-order valence-electron chi connectivity index (χ1n) is 2.78. The van der Waals surface area contributed by atoms with Gasteiger partial charge in [0, 0.05) is 6.20 Å². The number of hydrogen-bond acceptors (Lipinski definition) is 3. The predicted molar refractivity (Wildman–Crippen MR) is 44.1 cm³/mol. The summed E-state index contributed by atoms with van der Waals surface area (Å²) in [5, 5.41) is 8.53. The lowest BCUT2D eigenvalue weighted by molar-refractivity contribution is 1.04. The number of hydrogen-bond donors (Lipinski definition) is 0. The number of nitrogens with zero attached hydrogens (tertiary/aromatic N) is 3. The van der Waals surface area contributed by atoms with Crippen LogP contribution in [0.25, 0.3) is 0 Å². The van der Waals surface area contributed by atoms with Gasteiger partial charge in [0.15, 0.2) is 0 Å². The van der Waals surface area contributed by atoms with Crippen molar-refractivity contribution in [3.63, 3.8) is 0 Å². The van der Waals surface area contributed by atoms with Gasteiger partial charge in [-0.05, 0) is 27.5 Å². The molecule has 1 aromatic heterocycles. The predicted octanol–water partition coefficient (Wildman–Crippen LogP) is 1.96. The molecule has 0 amide bonds. The van der Waals surface area contributed by atoms with Gasteiger partial charge in [-0.15, -0.1) is 0 Å². The maximum Gasteiger partial charge on any atom is 0.222 e. The largest absolute Gasteiger partial charge is 0.225 e. The van der Waals surface area contributed by atoms with Gasteiger partial charge in [0.05, 0.1) is 22.7 Å². The molecule has 1 heterocycles. The van der Waals surface area contributed by atoms with E-state index < -0.39 is 0 Å². The fourth-order valence-electron chi connectivity index (χ4n) is 0.577. The zero-order valence-electron chi connectivity index (χ0n) is 5.38. The quantitative estimate of drug-likeness (QED) is 0.696. The van der Waals surface area contributed by atoms with Gasteiger partial charge < -0.3 is 0 Å². The highest BCUT2D eigenvalue weighted by Gasteiger charge is 2.01. The monoisotopic (exact) mass is 231 g/mol. The smallest absolute Gasteiger partial charge is 0.222 e. The summed E-state index contributed by atoms with van der Waals surface area (Å²) in [7, 11) is 0. The zero-order chi connectivity index (χ0) is 8.27. The van der Waals surface area contributed by atoms with E-state index >= 15 is 0 Å². The molecule has 0 radical (unpaired) electrons. The van der Waals surface area contributed by atoms with Gasteiger partial charge in [0.1, 0.15) is 0 Å². The molecule has 0 saturated carbocycles. The maximum atomic E-state index is 8.36. The van der Waals surface area contributed by atoms with Crippen LogP contribution in [0.2, 0.25) is 5.28 Å². The third-order valence-electron chi connectivity index (χ3n) is 1.03. The third kappa shape index (κ3) is 2.14. The first-order chi connectivity index (χ1) is 5.24. The van der Waals surface area contributed by atoms with E-state index in [9.17, 15) is 0 Å². The summed E-state index contributed by atoms with van der Waals surface area (Å²) in [6.45, 7) is 0. The van der Waals surface area contributed by atoms with E-state index in [0.717, 1.165) is 0 Å². The van der Waals surface area contributed by atoms with Crippen LogP contribution in [-0.4, -0.2) is 9.97 Å². The van der Waals surface area contributed by atoms with Crippen molar-refractivity contribution in [2.24, 2.45) is 0 Å². The SMILES string of the molecule is N#CCc1nc(Cl)ncc1Br. The summed E-state index contributed by atoms with van der Waals surface area (Å²) in [5.74, 6) is 0. The van der Waals surface area contributed by atoms with Crippen molar-refractivity contribution in [1.29, 1.82) is 5.26 Å².